The van der Waals surface area contributed by atoms with Crippen molar-refractivity contribution in [3.63, 3.8) is 0 Å². The Morgan fingerprint density at radius 3 is 2.23 bits per heavy atom. The van der Waals surface area contributed by atoms with Gasteiger partial charge in [0.15, 0.2) is 0 Å². The third-order valence-electron chi connectivity index (χ3n) is 1.61. The Morgan fingerprint density at radius 1 is 1.38 bits per heavy atom. The molecule has 2 N–H and O–H groups in total. The second-order valence-electron chi connectivity index (χ2n) is 3.58. The normalized spacial score (nSPS) is 14.8. The van der Waals surface area contributed by atoms with Crippen LogP contribution in [-0.2, 0) is 10.0 Å². The van der Waals surface area contributed by atoms with Crippen molar-refractivity contribution in [2.75, 3.05) is 12.4 Å². The minimum Gasteiger partial charge on any atom is -0.395 e. The van der Waals surface area contributed by atoms with Crippen LogP contribution in [0.4, 0.5) is 0 Å². The van der Waals surface area contributed by atoms with E-state index in [-0.39, 0.29) is 24.3 Å². The summed E-state index contributed by atoms with van der Waals surface area (Å²) in [6, 6.07) is -0.344. The topological polar surface area (TPSA) is 66.4 Å². The van der Waals surface area contributed by atoms with Gasteiger partial charge in [0, 0.05) is 6.04 Å². The Bertz CT molecular complexity index is 220. The Balaban J connectivity index is 4.16. The summed E-state index contributed by atoms with van der Waals surface area (Å²) in [6.45, 7) is 5.38. The molecule has 1 unspecified atom stereocenters. The fraction of sp³-hybridized carbons (Fsp3) is 1.00. The predicted molar refractivity (Wildman–Crippen MR) is 52.9 cm³/mol. The summed E-state index contributed by atoms with van der Waals surface area (Å²) < 4.78 is 25.1. The van der Waals surface area contributed by atoms with Crippen molar-refractivity contribution in [1.29, 1.82) is 0 Å². The molecule has 0 bridgehead atoms. The SMILES string of the molecule is CCC(CO)NS(=O)(=O)CC(C)C. The Morgan fingerprint density at radius 2 is 1.92 bits per heavy atom. The lowest BCUT2D eigenvalue weighted by atomic mass is 10.3. The highest BCUT2D eigenvalue weighted by Crippen LogP contribution is 2.00. The molecule has 0 aliphatic rings. The van der Waals surface area contributed by atoms with Crippen molar-refractivity contribution in [3.05, 3.63) is 0 Å². The van der Waals surface area contributed by atoms with Crippen LogP contribution in [0, 0.1) is 5.92 Å². The average Bonchev–Trinajstić information content (AvgIpc) is 1.97. The van der Waals surface area contributed by atoms with Gasteiger partial charge in [0.1, 0.15) is 0 Å². The van der Waals surface area contributed by atoms with Crippen molar-refractivity contribution in [2.24, 2.45) is 5.92 Å². The van der Waals surface area contributed by atoms with Crippen LogP contribution in [0.25, 0.3) is 0 Å². The molecule has 0 spiro atoms. The summed E-state index contributed by atoms with van der Waals surface area (Å²) >= 11 is 0. The molecule has 0 aromatic heterocycles. The zero-order valence-corrected chi connectivity index (χ0v) is 9.26. The molecule has 0 fully saturated rings. The second kappa shape index (κ2) is 5.57. The molecule has 0 radical (unpaired) electrons. The predicted octanol–water partition coefficient (Wildman–Crippen LogP) is 0.333. The molecular formula is C8H19NO3S. The van der Waals surface area contributed by atoms with Gasteiger partial charge in [-0.2, -0.15) is 0 Å². The van der Waals surface area contributed by atoms with Crippen LogP contribution < -0.4 is 4.72 Å². The lowest BCUT2D eigenvalue weighted by Gasteiger charge is -2.15. The van der Waals surface area contributed by atoms with E-state index in [1.807, 2.05) is 20.8 Å². The number of aliphatic hydroxyl groups is 1. The van der Waals surface area contributed by atoms with Crippen molar-refractivity contribution in [2.45, 2.75) is 33.2 Å². The van der Waals surface area contributed by atoms with E-state index in [4.69, 9.17) is 5.11 Å². The zero-order chi connectivity index (χ0) is 10.5. The van der Waals surface area contributed by atoms with E-state index in [0.717, 1.165) is 0 Å². The third-order valence-corrected chi connectivity index (χ3v) is 3.41. The summed E-state index contributed by atoms with van der Waals surface area (Å²) in [5.74, 6) is 0.220. The number of hydrogen-bond acceptors (Lipinski definition) is 3. The number of sulfonamides is 1. The van der Waals surface area contributed by atoms with Gasteiger partial charge in [0.25, 0.3) is 0 Å². The van der Waals surface area contributed by atoms with E-state index < -0.39 is 10.0 Å². The molecule has 80 valence electrons. The van der Waals surface area contributed by atoms with Gasteiger partial charge in [-0.3, -0.25) is 0 Å². The maximum absolute atomic E-state index is 11.3. The lowest BCUT2D eigenvalue weighted by Crippen LogP contribution is -2.39. The van der Waals surface area contributed by atoms with Crippen LogP contribution in [0.2, 0.25) is 0 Å². The molecule has 0 saturated heterocycles. The molecule has 13 heavy (non-hydrogen) atoms. The molecule has 0 aliphatic carbocycles. The van der Waals surface area contributed by atoms with Gasteiger partial charge in [-0.05, 0) is 12.3 Å². The summed E-state index contributed by atoms with van der Waals surface area (Å²) in [6.07, 6.45) is 0.605. The molecule has 5 heteroatoms. The van der Waals surface area contributed by atoms with Gasteiger partial charge in [-0.25, -0.2) is 13.1 Å². The standard InChI is InChI=1S/C8H19NO3S/c1-4-8(5-10)9-13(11,12)6-7(2)3/h7-10H,4-6H2,1-3H3. The zero-order valence-electron chi connectivity index (χ0n) is 8.45. The maximum Gasteiger partial charge on any atom is 0.212 e. The van der Waals surface area contributed by atoms with Gasteiger partial charge in [0.05, 0.1) is 12.4 Å². The third kappa shape index (κ3) is 6.01. The molecule has 0 amide bonds. The second-order valence-corrected chi connectivity index (χ2v) is 5.38. The molecular weight excluding hydrogens is 190 g/mol. The van der Waals surface area contributed by atoms with Crippen LogP contribution in [0.3, 0.4) is 0 Å². The lowest BCUT2D eigenvalue weighted by molar-refractivity contribution is 0.253. The highest BCUT2D eigenvalue weighted by Gasteiger charge is 2.16. The Hall–Kier alpha value is -0.130. The smallest absolute Gasteiger partial charge is 0.212 e. The van der Waals surface area contributed by atoms with Crippen molar-refractivity contribution in [1.82, 2.24) is 4.72 Å². The molecule has 0 aromatic rings. The number of rotatable bonds is 6. The van der Waals surface area contributed by atoms with Gasteiger partial charge in [-0.1, -0.05) is 20.8 Å². The number of hydrogen-bond donors (Lipinski definition) is 2. The van der Waals surface area contributed by atoms with Crippen LogP contribution in [0.15, 0.2) is 0 Å². The van der Waals surface area contributed by atoms with E-state index in [0.29, 0.717) is 6.42 Å². The Labute approximate surface area is 80.4 Å². The van der Waals surface area contributed by atoms with E-state index in [1.165, 1.54) is 0 Å². The first-order chi connectivity index (χ1) is 5.91. The van der Waals surface area contributed by atoms with E-state index >= 15 is 0 Å². The minimum absolute atomic E-state index is 0.105. The number of aliphatic hydroxyl groups excluding tert-OH is 1. The molecule has 0 rings (SSSR count). The van der Waals surface area contributed by atoms with Crippen LogP contribution in [0.1, 0.15) is 27.2 Å². The van der Waals surface area contributed by atoms with Gasteiger partial charge < -0.3 is 5.11 Å². The largest absolute Gasteiger partial charge is 0.395 e. The van der Waals surface area contributed by atoms with Crippen LogP contribution in [-0.4, -0.2) is 31.9 Å². The summed E-state index contributed by atoms with van der Waals surface area (Å²) in [5, 5.41) is 8.80. The molecule has 0 aromatic carbocycles. The van der Waals surface area contributed by atoms with Gasteiger partial charge in [-0.15, -0.1) is 0 Å². The highest BCUT2D eigenvalue weighted by atomic mass is 32.2. The van der Waals surface area contributed by atoms with Crippen molar-refractivity contribution >= 4 is 10.0 Å². The van der Waals surface area contributed by atoms with Crippen molar-refractivity contribution in [3.8, 4) is 0 Å². The minimum atomic E-state index is -3.21. The van der Waals surface area contributed by atoms with Crippen LogP contribution in [0.5, 0.6) is 0 Å². The summed E-state index contributed by atoms with van der Waals surface area (Å²) in [7, 11) is -3.21. The maximum atomic E-state index is 11.3. The first kappa shape index (κ1) is 12.9. The average molecular weight is 209 g/mol. The van der Waals surface area contributed by atoms with E-state index in [2.05, 4.69) is 4.72 Å². The molecule has 0 saturated carbocycles. The molecule has 0 aliphatic heterocycles. The quantitative estimate of drug-likeness (QED) is 0.662. The van der Waals surface area contributed by atoms with Gasteiger partial charge in [0.2, 0.25) is 10.0 Å². The van der Waals surface area contributed by atoms with Crippen LogP contribution >= 0.6 is 0 Å². The summed E-state index contributed by atoms with van der Waals surface area (Å²) in [4.78, 5) is 0. The van der Waals surface area contributed by atoms with Crippen molar-refractivity contribution < 1.29 is 13.5 Å². The molecule has 0 heterocycles. The summed E-state index contributed by atoms with van der Waals surface area (Å²) in [5.41, 5.74) is 0. The molecule has 4 nitrogen and oxygen atoms in total. The fourth-order valence-corrected chi connectivity index (χ4v) is 2.71. The Kier molecular flexibility index (Phi) is 5.51. The monoisotopic (exact) mass is 209 g/mol. The number of nitrogens with one attached hydrogen (secondary N) is 1. The first-order valence-electron chi connectivity index (χ1n) is 4.52. The first-order valence-corrected chi connectivity index (χ1v) is 6.17. The molecule has 1 atom stereocenters. The van der Waals surface area contributed by atoms with E-state index in [9.17, 15) is 8.42 Å². The van der Waals surface area contributed by atoms with Gasteiger partial charge >= 0.3 is 0 Å². The fourth-order valence-electron chi connectivity index (χ4n) is 0.991. The van der Waals surface area contributed by atoms with E-state index in [1.54, 1.807) is 0 Å². The highest BCUT2D eigenvalue weighted by molar-refractivity contribution is 7.89.